The van der Waals surface area contributed by atoms with Crippen molar-refractivity contribution in [3.63, 3.8) is 0 Å². The summed E-state index contributed by atoms with van der Waals surface area (Å²) in [7, 11) is 0. The molecule has 6 heteroatoms. The Morgan fingerprint density at radius 3 is 2.54 bits per heavy atom. The number of nitrogens with zero attached hydrogens (tertiary/aromatic N) is 2. The highest BCUT2D eigenvalue weighted by Gasteiger charge is 2.41. The lowest BCUT2D eigenvalue weighted by Gasteiger charge is -2.38. The maximum Gasteiger partial charge on any atom is 0.213 e. The lowest BCUT2D eigenvalue weighted by molar-refractivity contribution is -0.0191. The molecule has 0 saturated carbocycles. The molecule has 2 heterocycles. The minimum Gasteiger partial charge on any atom is -0.494 e. The topological polar surface area (TPSA) is 34.1 Å². The second kappa shape index (κ2) is 11.0. The van der Waals surface area contributed by atoms with Crippen molar-refractivity contribution in [2.75, 3.05) is 6.61 Å². The maximum absolute atomic E-state index is 6.50. The lowest BCUT2D eigenvalue weighted by Crippen LogP contribution is -2.33. The van der Waals surface area contributed by atoms with Crippen molar-refractivity contribution in [3.8, 4) is 11.5 Å². The molecular weight excluding hydrogens is 524 g/mol. The van der Waals surface area contributed by atoms with Crippen LogP contribution in [0, 0.1) is 0 Å². The second-order valence-corrected chi connectivity index (χ2v) is 10.5. The zero-order chi connectivity index (χ0) is 24.2. The summed E-state index contributed by atoms with van der Waals surface area (Å²) in [5.41, 5.74) is 4.32. The Morgan fingerprint density at radius 1 is 1.00 bits per heavy atom. The number of hydrogen-bond donors (Lipinski definition) is 0. The maximum atomic E-state index is 6.50. The third kappa shape index (κ3) is 5.52. The van der Waals surface area contributed by atoms with Crippen LogP contribution in [-0.2, 0) is 0 Å². The summed E-state index contributed by atoms with van der Waals surface area (Å²) >= 11 is 9.74. The molecule has 3 aromatic rings. The van der Waals surface area contributed by atoms with Crippen LogP contribution in [0.3, 0.4) is 0 Å². The van der Waals surface area contributed by atoms with Crippen molar-refractivity contribution >= 4 is 33.2 Å². The van der Waals surface area contributed by atoms with Crippen LogP contribution in [-0.4, -0.2) is 17.3 Å². The van der Waals surface area contributed by atoms with E-state index in [0.29, 0.717) is 0 Å². The van der Waals surface area contributed by atoms with E-state index in [1.165, 1.54) is 25.7 Å². The number of halogens is 2. The third-order valence-electron chi connectivity index (χ3n) is 6.61. The van der Waals surface area contributed by atoms with Crippen LogP contribution in [0.5, 0.6) is 11.5 Å². The predicted molar refractivity (Wildman–Crippen MR) is 145 cm³/mol. The first kappa shape index (κ1) is 24.2. The smallest absolute Gasteiger partial charge is 0.213 e. The molecule has 0 aliphatic carbocycles. The van der Waals surface area contributed by atoms with Crippen molar-refractivity contribution in [3.05, 3.63) is 92.9 Å². The summed E-state index contributed by atoms with van der Waals surface area (Å²) < 4.78 is 13.5. The monoisotopic (exact) mass is 552 g/mol. The summed E-state index contributed by atoms with van der Waals surface area (Å²) in [6, 6.07) is 22.5. The van der Waals surface area contributed by atoms with Gasteiger partial charge in [-0.05, 0) is 66.6 Å². The number of benzene rings is 3. The molecule has 35 heavy (non-hydrogen) atoms. The van der Waals surface area contributed by atoms with Gasteiger partial charge < -0.3 is 9.47 Å². The molecular formula is C29H30BrClN2O2. The minimum absolute atomic E-state index is 0.103. The van der Waals surface area contributed by atoms with Gasteiger partial charge in [-0.15, -0.1) is 0 Å². The predicted octanol–water partition coefficient (Wildman–Crippen LogP) is 8.69. The molecule has 0 amide bonds. The van der Waals surface area contributed by atoms with Crippen LogP contribution >= 0.6 is 27.5 Å². The van der Waals surface area contributed by atoms with Crippen molar-refractivity contribution in [2.45, 2.75) is 57.7 Å². The van der Waals surface area contributed by atoms with Crippen molar-refractivity contribution < 1.29 is 9.47 Å². The Balaban J connectivity index is 1.36. The Labute approximate surface area is 221 Å². The van der Waals surface area contributed by atoms with Gasteiger partial charge in [0, 0.05) is 27.0 Å². The molecule has 0 spiro atoms. The van der Waals surface area contributed by atoms with E-state index >= 15 is 0 Å². The average molecular weight is 554 g/mol. The van der Waals surface area contributed by atoms with Gasteiger partial charge in [-0.1, -0.05) is 72.3 Å². The fourth-order valence-electron chi connectivity index (χ4n) is 4.72. The van der Waals surface area contributed by atoms with Gasteiger partial charge >= 0.3 is 0 Å². The molecule has 3 aromatic carbocycles. The van der Waals surface area contributed by atoms with Crippen LogP contribution in [0.4, 0.5) is 0 Å². The van der Waals surface area contributed by atoms with Crippen molar-refractivity contribution in [1.29, 1.82) is 0 Å². The summed E-state index contributed by atoms with van der Waals surface area (Å²) in [6.07, 6.45) is 6.67. The van der Waals surface area contributed by atoms with E-state index in [1.807, 2.05) is 48.5 Å². The van der Waals surface area contributed by atoms with Gasteiger partial charge in [0.25, 0.3) is 0 Å². The first-order valence-electron chi connectivity index (χ1n) is 12.4. The Morgan fingerprint density at radius 2 is 1.77 bits per heavy atom. The molecule has 0 bridgehead atoms. The molecule has 5 rings (SSSR count). The molecule has 0 fully saturated rings. The van der Waals surface area contributed by atoms with Gasteiger partial charge in [-0.3, -0.25) is 0 Å². The van der Waals surface area contributed by atoms with E-state index in [1.54, 1.807) is 0 Å². The van der Waals surface area contributed by atoms with Gasteiger partial charge in [-0.2, -0.15) is 5.10 Å². The van der Waals surface area contributed by atoms with E-state index in [-0.39, 0.29) is 12.3 Å². The molecule has 0 radical (unpaired) electrons. The molecule has 0 unspecified atom stereocenters. The minimum atomic E-state index is -0.304. The molecule has 2 aliphatic heterocycles. The van der Waals surface area contributed by atoms with Gasteiger partial charge in [0.05, 0.1) is 18.4 Å². The van der Waals surface area contributed by atoms with Crippen LogP contribution < -0.4 is 9.47 Å². The van der Waals surface area contributed by atoms with Crippen LogP contribution in [0.1, 0.15) is 74.4 Å². The van der Waals surface area contributed by atoms with Crippen LogP contribution in [0.15, 0.2) is 76.3 Å². The number of hydrogen-bond acceptors (Lipinski definition) is 4. The highest BCUT2D eigenvalue weighted by Crippen LogP contribution is 2.48. The fraction of sp³-hybridized carbons (Fsp3) is 0.345. The quantitative estimate of drug-likeness (QED) is 0.249. The van der Waals surface area contributed by atoms with Crippen LogP contribution in [0.2, 0.25) is 5.02 Å². The normalized spacial score (nSPS) is 18.5. The zero-order valence-corrected chi connectivity index (χ0v) is 22.3. The first-order valence-corrected chi connectivity index (χ1v) is 13.6. The van der Waals surface area contributed by atoms with E-state index in [4.69, 9.17) is 26.2 Å². The van der Waals surface area contributed by atoms with Gasteiger partial charge in [-0.25, -0.2) is 5.01 Å². The van der Waals surface area contributed by atoms with E-state index in [2.05, 4.69) is 46.1 Å². The third-order valence-corrected chi connectivity index (χ3v) is 7.36. The van der Waals surface area contributed by atoms with E-state index < -0.39 is 0 Å². The lowest BCUT2D eigenvalue weighted by atomic mass is 9.96. The van der Waals surface area contributed by atoms with Crippen molar-refractivity contribution in [1.82, 2.24) is 5.01 Å². The zero-order valence-electron chi connectivity index (χ0n) is 19.9. The largest absolute Gasteiger partial charge is 0.494 e. The van der Waals surface area contributed by atoms with E-state index in [9.17, 15) is 0 Å². The van der Waals surface area contributed by atoms with Crippen molar-refractivity contribution in [2.24, 2.45) is 5.10 Å². The molecule has 0 aromatic heterocycles. The summed E-state index contributed by atoms with van der Waals surface area (Å²) in [6.45, 7) is 2.99. The number of rotatable bonds is 9. The fourth-order valence-corrected chi connectivity index (χ4v) is 5.22. The summed E-state index contributed by atoms with van der Waals surface area (Å²) in [5, 5.41) is 7.86. The molecule has 182 valence electrons. The Bertz CT molecular complexity index is 1180. The Kier molecular flexibility index (Phi) is 7.64. The number of unbranched alkanes of at least 4 members (excludes halogenated alkanes) is 4. The average Bonchev–Trinajstić information content (AvgIpc) is 3.32. The first-order chi connectivity index (χ1) is 17.1. The van der Waals surface area contributed by atoms with Crippen LogP contribution in [0.25, 0.3) is 0 Å². The standard InChI is InChI=1S/C29H30BrClN2O2/c1-2-3-4-5-6-17-34-24-14-9-21(10-15-24)29-33-27(25-18-22(30)11-16-28(25)35-29)19-26(32-33)20-7-12-23(31)13-8-20/h7-16,18,27,29H,2-6,17,19H2,1H3/t27-,29+/m1/s1. The molecule has 4 nitrogen and oxygen atoms in total. The Hall–Kier alpha value is -2.50. The highest BCUT2D eigenvalue weighted by atomic mass is 79.9. The molecule has 2 atom stereocenters. The van der Waals surface area contributed by atoms with Gasteiger partial charge in [0.2, 0.25) is 6.23 Å². The highest BCUT2D eigenvalue weighted by molar-refractivity contribution is 9.10. The second-order valence-electron chi connectivity index (χ2n) is 9.14. The number of fused-ring (bicyclic) bond motifs is 3. The SMILES string of the molecule is CCCCCCCOc1ccc([C@@H]2Oc3ccc(Br)cc3[C@H]3CC(c4ccc(Cl)cc4)=NN32)cc1. The number of ether oxygens (including phenoxy) is 2. The van der Waals surface area contributed by atoms with Gasteiger partial charge in [0.15, 0.2) is 0 Å². The molecule has 0 saturated heterocycles. The van der Waals surface area contributed by atoms with Gasteiger partial charge in [0.1, 0.15) is 11.5 Å². The number of hydrazone groups is 1. The van der Waals surface area contributed by atoms with E-state index in [0.717, 1.165) is 62.8 Å². The molecule has 2 aliphatic rings. The molecule has 0 N–H and O–H groups in total. The summed E-state index contributed by atoms with van der Waals surface area (Å²) in [4.78, 5) is 0. The summed E-state index contributed by atoms with van der Waals surface area (Å²) in [5.74, 6) is 1.80.